The van der Waals surface area contributed by atoms with Gasteiger partial charge >= 0.3 is 0 Å². The lowest BCUT2D eigenvalue weighted by Crippen LogP contribution is -2.25. The van der Waals surface area contributed by atoms with Crippen LogP contribution in [0.2, 0.25) is 0 Å². The number of carbonyl (C=O) groups excluding carboxylic acids is 1. The molecule has 19 heavy (non-hydrogen) atoms. The maximum absolute atomic E-state index is 11.8. The molecular weight excluding hydrogens is 262 g/mol. The number of hydrogen-bond acceptors (Lipinski definition) is 5. The molecule has 2 aromatic rings. The molecule has 0 unspecified atom stereocenters. The SMILES string of the molecule is Cc1noc(CCCC(=O)N[C@@H](C)c2cccs2)n1. The first kappa shape index (κ1) is 13.7. The zero-order valence-corrected chi connectivity index (χ0v) is 11.9. The average Bonchev–Trinajstić information content (AvgIpc) is 3.00. The Morgan fingerprint density at radius 1 is 1.58 bits per heavy atom. The molecule has 0 aliphatic heterocycles. The van der Waals surface area contributed by atoms with Crippen molar-refractivity contribution in [3.8, 4) is 0 Å². The van der Waals surface area contributed by atoms with Crippen LogP contribution in [0.1, 0.15) is 42.4 Å². The van der Waals surface area contributed by atoms with Gasteiger partial charge in [0.1, 0.15) is 0 Å². The summed E-state index contributed by atoms with van der Waals surface area (Å²) >= 11 is 1.65. The van der Waals surface area contributed by atoms with E-state index in [-0.39, 0.29) is 11.9 Å². The van der Waals surface area contributed by atoms with Crippen LogP contribution in [-0.2, 0) is 11.2 Å². The van der Waals surface area contributed by atoms with Crippen LogP contribution < -0.4 is 5.32 Å². The monoisotopic (exact) mass is 279 g/mol. The van der Waals surface area contributed by atoms with Gasteiger partial charge in [0, 0.05) is 17.7 Å². The van der Waals surface area contributed by atoms with Crippen LogP contribution in [0.15, 0.2) is 22.0 Å². The number of carbonyl (C=O) groups is 1. The number of nitrogens with one attached hydrogen (secondary N) is 1. The summed E-state index contributed by atoms with van der Waals surface area (Å²) in [6.07, 6.45) is 1.82. The zero-order valence-electron chi connectivity index (χ0n) is 11.0. The highest BCUT2D eigenvalue weighted by atomic mass is 32.1. The second-order valence-electron chi connectivity index (χ2n) is 4.39. The summed E-state index contributed by atoms with van der Waals surface area (Å²) in [6, 6.07) is 4.08. The molecule has 0 aromatic carbocycles. The number of amides is 1. The van der Waals surface area contributed by atoms with Crippen LogP contribution in [0.4, 0.5) is 0 Å². The lowest BCUT2D eigenvalue weighted by Gasteiger charge is -2.11. The molecular formula is C13H17N3O2S. The van der Waals surface area contributed by atoms with Crippen molar-refractivity contribution < 1.29 is 9.32 Å². The summed E-state index contributed by atoms with van der Waals surface area (Å²) in [7, 11) is 0. The number of aryl methyl sites for hydroxylation is 2. The predicted molar refractivity (Wildman–Crippen MR) is 72.8 cm³/mol. The Balaban J connectivity index is 1.70. The number of hydrogen-bond donors (Lipinski definition) is 1. The Morgan fingerprint density at radius 3 is 3.05 bits per heavy atom. The standard InChI is InChI=1S/C13H17N3O2S/c1-9(11-5-4-8-19-11)14-12(17)6-3-7-13-15-10(2)16-18-13/h4-5,8-9H,3,6-7H2,1-2H3,(H,14,17)/t9-/m0/s1. The van der Waals surface area contributed by atoms with Crippen LogP contribution in [0, 0.1) is 6.92 Å². The molecule has 2 heterocycles. The third-order valence-electron chi connectivity index (χ3n) is 2.71. The van der Waals surface area contributed by atoms with Gasteiger partial charge in [0.25, 0.3) is 0 Å². The molecule has 0 spiro atoms. The zero-order chi connectivity index (χ0) is 13.7. The number of rotatable bonds is 6. The number of nitrogens with zero attached hydrogens (tertiary/aromatic N) is 2. The molecule has 0 fully saturated rings. The number of aromatic nitrogens is 2. The molecule has 102 valence electrons. The Bertz CT molecular complexity index is 522. The molecule has 0 bridgehead atoms. The highest BCUT2D eigenvalue weighted by Gasteiger charge is 2.10. The van der Waals surface area contributed by atoms with E-state index < -0.39 is 0 Å². The molecule has 1 amide bonds. The minimum Gasteiger partial charge on any atom is -0.349 e. The predicted octanol–water partition coefficient (Wildman–Crippen LogP) is 2.64. The highest BCUT2D eigenvalue weighted by molar-refractivity contribution is 7.10. The van der Waals surface area contributed by atoms with Gasteiger partial charge in [-0.15, -0.1) is 11.3 Å². The highest BCUT2D eigenvalue weighted by Crippen LogP contribution is 2.18. The van der Waals surface area contributed by atoms with Gasteiger partial charge in [-0.05, 0) is 31.7 Å². The smallest absolute Gasteiger partial charge is 0.226 e. The Morgan fingerprint density at radius 2 is 2.42 bits per heavy atom. The van der Waals surface area contributed by atoms with E-state index in [1.165, 1.54) is 4.88 Å². The molecule has 0 saturated heterocycles. The van der Waals surface area contributed by atoms with Gasteiger partial charge < -0.3 is 9.84 Å². The van der Waals surface area contributed by atoms with Gasteiger partial charge in [-0.25, -0.2) is 0 Å². The maximum atomic E-state index is 11.8. The largest absolute Gasteiger partial charge is 0.349 e. The van der Waals surface area contributed by atoms with Gasteiger partial charge in [0.15, 0.2) is 5.82 Å². The minimum absolute atomic E-state index is 0.0529. The van der Waals surface area contributed by atoms with Crippen molar-refractivity contribution in [1.29, 1.82) is 0 Å². The summed E-state index contributed by atoms with van der Waals surface area (Å²) in [6.45, 7) is 3.77. The molecule has 0 aliphatic rings. The summed E-state index contributed by atoms with van der Waals surface area (Å²) < 4.78 is 4.99. The Labute approximate surface area is 116 Å². The van der Waals surface area contributed by atoms with Crippen molar-refractivity contribution in [2.45, 2.75) is 39.2 Å². The second kappa shape index (κ2) is 6.47. The normalized spacial score (nSPS) is 12.3. The fourth-order valence-electron chi connectivity index (χ4n) is 1.76. The van der Waals surface area contributed by atoms with Crippen molar-refractivity contribution in [1.82, 2.24) is 15.5 Å². The maximum Gasteiger partial charge on any atom is 0.226 e. The lowest BCUT2D eigenvalue weighted by molar-refractivity contribution is -0.121. The number of thiophene rings is 1. The van der Waals surface area contributed by atoms with Gasteiger partial charge in [0.05, 0.1) is 6.04 Å². The van der Waals surface area contributed by atoms with E-state index in [1.807, 2.05) is 24.4 Å². The van der Waals surface area contributed by atoms with Crippen LogP contribution in [0.3, 0.4) is 0 Å². The van der Waals surface area contributed by atoms with Crippen molar-refractivity contribution in [3.63, 3.8) is 0 Å². The van der Waals surface area contributed by atoms with Crippen molar-refractivity contribution in [3.05, 3.63) is 34.1 Å². The summed E-state index contributed by atoms with van der Waals surface area (Å²) in [5, 5.41) is 8.70. The van der Waals surface area contributed by atoms with Crippen LogP contribution in [0.25, 0.3) is 0 Å². The van der Waals surface area contributed by atoms with Crippen molar-refractivity contribution >= 4 is 17.2 Å². The first-order valence-electron chi connectivity index (χ1n) is 6.27. The van der Waals surface area contributed by atoms with Gasteiger partial charge in [0.2, 0.25) is 11.8 Å². The lowest BCUT2D eigenvalue weighted by atomic mass is 10.2. The van der Waals surface area contributed by atoms with Gasteiger partial charge in [-0.1, -0.05) is 11.2 Å². The molecule has 1 N–H and O–H groups in total. The first-order chi connectivity index (χ1) is 9.15. The molecule has 1 atom stereocenters. The molecule has 0 aliphatic carbocycles. The summed E-state index contributed by atoms with van der Waals surface area (Å²) in [5.41, 5.74) is 0. The third kappa shape index (κ3) is 4.17. The first-order valence-corrected chi connectivity index (χ1v) is 7.15. The van der Waals surface area contributed by atoms with Crippen LogP contribution in [-0.4, -0.2) is 16.0 Å². The molecule has 6 heteroatoms. The van der Waals surface area contributed by atoms with Crippen LogP contribution in [0.5, 0.6) is 0 Å². The average molecular weight is 279 g/mol. The van der Waals surface area contributed by atoms with E-state index >= 15 is 0 Å². The summed E-state index contributed by atoms with van der Waals surface area (Å²) in [5.74, 6) is 1.28. The van der Waals surface area contributed by atoms with E-state index in [1.54, 1.807) is 18.3 Å². The summed E-state index contributed by atoms with van der Waals surface area (Å²) in [4.78, 5) is 17.0. The molecule has 0 radical (unpaired) electrons. The quantitative estimate of drug-likeness (QED) is 0.882. The fourth-order valence-corrected chi connectivity index (χ4v) is 2.50. The minimum atomic E-state index is 0.0529. The van der Waals surface area contributed by atoms with E-state index in [0.29, 0.717) is 31.0 Å². The molecule has 0 saturated carbocycles. The van der Waals surface area contributed by atoms with Gasteiger partial charge in [-0.3, -0.25) is 4.79 Å². The van der Waals surface area contributed by atoms with E-state index in [4.69, 9.17) is 4.52 Å². The van der Waals surface area contributed by atoms with E-state index in [2.05, 4.69) is 15.5 Å². The van der Waals surface area contributed by atoms with E-state index in [0.717, 1.165) is 0 Å². The topological polar surface area (TPSA) is 68.0 Å². The fraction of sp³-hybridized carbons (Fsp3) is 0.462. The third-order valence-corrected chi connectivity index (χ3v) is 3.77. The van der Waals surface area contributed by atoms with Crippen molar-refractivity contribution in [2.75, 3.05) is 0 Å². The molecule has 5 nitrogen and oxygen atoms in total. The van der Waals surface area contributed by atoms with E-state index in [9.17, 15) is 4.79 Å². The molecule has 2 aromatic heterocycles. The molecule has 2 rings (SSSR count). The van der Waals surface area contributed by atoms with Gasteiger partial charge in [-0.2, -0.15) is 4.98 Å². The van der Waals surface area contributed by atoms with Crippen LogP contribution >= 0.6 is 11.3 Å². The van der Waals surface area contributed by atoms with Crippen molar-refractivity contribution in [2.24, 2.45) is 0 Å². The second-order valence-corrected chi connectivity index (χ2v) is 5.37. The Hall–Kier alpha value is -1.69. The Kier molecular flexibility index (Phi) is 4.68.